The average molecular weight is 193 g/mol. The number of aryl methyl sites for hydroxylation is 1. The Bertz CT molecular complexity index is 235. The Hall–Kier alpha value is -0.860. The standard InChI is InChI=1S/C12H19NO/c1-14-10-12(13)9-5-8-11-6-3-2-4-7-11/h2-4,6-7,12H,5,8-10,13H2,1H3. The third kappa shape index (κ3) is 4.40. The third-order valence-corrected chi connectivity index (χ3v) is 2.26. The number of hydrogen-bond donors (Lipinski definition) is 1. The second-order valence-electron chi connectivity index (χ2n) is 3.59. The number of hydrogen-bond acceptors (Lipinski definition) is 2. The molecule has 0 fully saturated rings. The first-order valence-electron chi connectivity index (χ1n) is 5.11. The molecule has 0 saturated heterocycles. The minimum Gasteiger partial charge on any atom is -0.383 e. The predicted molar refractivity (Wildman–Crippen MR) is 59.2 cm³/mol. The Labute approximate surface area is 86.1 Å². The zero-order valence-electron chi connectivity index (χ0n) is 8.78. The molecule has 0 spiro atoms. The summed E-state index contributed by atoms with van der Waals surface area (Å²) in [6.45, 7) is 0.661. The molecule has 0 aliphatic rings. The maximum Gasteiger partial charge on any atom is 0.0613 e. The molecule has 2 N–H and O–H groups in total. The Morgan fingerprint density at radius 3 is 2.64 bits per heavy atom. The van der Waals surface area contributed by atoms with Crippen molar-refractivity contribution in [3.05, 3.63) is 35.9 Å². The fourth-order valence-corrected chi connectivity index (χ4v) is 1.51. The van der Waals surface area contributed by atoms with E-state index in [0.717, 1.165) is 19.3 Å². The number of ether oxygens (including phenoxy) is 1. The topological polar surface area (TPSA) is 35.2 Å². The fourth-order valence-electron chi connectivity index (χ4n) is 1.51. The van der Waals surface area contributed by atoms with E-state index < -0.39 is 0 Å². The lowest BCUT2D eigenvalue weighted by Crippen LogP contribution is -2.25. The number of nitrogens with two attached hydrogens (primary N) is 1. The molecule has 78 valence electrons. The summed E-state index contributed by atoms with van der Waals surface area (Å²) in [7, 11) is 1.69. The van der Waals surface area contributed by atoms with Crippen LogP contribution < -0.4 is 5.73 Å². The first-order chi connectivity index (χ1) is 6.83. The lowest BCUT2D eigenvalue weighted by atomic mass is 10.1. The largest absolute Gasteiger partial charge is 0.383 e. The van der Waals surface area contributed by atoms with Crippen LogP contribution in [0.3, 0.4) is 0 Å². The van der Waals surface area contributed by atoms with E-state index in [1.807, 2.05) is 6.07 Å². The van der Waals surface area contributed by atoms with Gasteiger partial charge in [0.05, 0.1) is 6.61 Å². The van der Waals surface area contributed by atoms with Crippen LogP contribution in [0.4, 0.5) is 0 Å². The van der Waals surface area contributed by atoms with Crippen molar-refractivity contribution >= 4 is 0 Å². The van der Waals surface area contributed by atoms with Gasteiger partial charge in [0.25, 0.3) is 0 Å². The van der Waals surface area contributed by atoms with E-state index in [1.54, 1.807) is 7.11 Å². The monoisotopic (exact) mass is 193 g/mol. The predicted octanol–water partition coefficient (Wildman–Crippen LogP) is 1.98. The average Bonchev–Trinajstić information content (AvgIpc) is 2.20. The van der Waals surface area contributed by atoms with Crippen LogP contribution in [0.25, 0.3) is 0 Å². The summed E-state index contributed by atoms with van der Waals surface area (Å²) in [6.07, 6.45) is 3.27. The first-order valence-corrected chi connectivity index (χ1v) is 5.11. The van der Waals surface area contributed by atoms with Gasteiger partial charge in [0.2, 0.25) is 0 Å². The molecule has 0 radical (unpaired) electrons. The van der Waals surface area contributed by atoms with Crippen molar-refractivity contribution < 1.29 is 4.74 Å². The van der Waals surface area contributed by atoms with Gasteiger partial charge in [-0.05, 0) is 24.8 Å². The van der Waals surface area contributed by atoms with E-state index in [-0.39, 0.29) is 6.04 Å². The molecule has 0 heterocycles. The van der Waals surface area contributed by atoms with Crippen molar-refractivity contribution in [1.82, 2.24) is 0 Å². The maximum atomic E-state index is 5.82. The Balaban J connectivity index is 2.16. The van der Waals surface area contributed by atoms with Gasteiger partial charge in [0.1, 0.15) is 0 Å². The van der Waals surface area contributed by atoms with Gasteiger partial charge in [0, 0.05) is 13.2 Å². The van der Waals surface area contributed by atoms with E-state index in [0.29, 0.717) is 6.61 Å². The minimum absolute atomic E-state index is 0.184. The van der Waals surface area contributed by atoms with Crippen molar-refractivity contribution in [2.75, 3.05) is 13.7 Å². The summed E-state index contributed by atoms with van der Waals surface area (Å²) in [5.41, 5.74) is 7.21. The Morgan fingerprint density at radius 2 is 2.00 bits per heavy atom. The van der Waals surface area contributed by atoms with E-state index in [2.05, 4.69) is 24.3 Å². The molecular formula is C12H19NO. The van der Waals surface area contributed by atoms with Crippen molar-refractivity contribution in [1.29, 1.82) is 0 Å². The summed E-state index contributed by atoms with van der Waals surface area (Å²) >= 11 is 0. The van der Waals surface area contributed by atoms with Crippen molar-refractivity contribution in [3.8, 4) is 0 Å². The lowest BCUT2D eigenvalue weighted by Gasteiger charge is -2.09. The Morgan fingerprint density at radius 1 is 1.29 bits per heavy atom. The molecule has 0 bridgehead atoms. The zero-order valence-corrected chi connectivity index (χ0v) is 8.78. The van der Waals surface area contributed by atoms with Gasteiger partial charge in [-0.15, -0.1) is 0 Å². The molecule has 2 heteroatoms. The van der Waals surface area contributed by atoms with Crippen LogP contribution in [0, 0.1) is 0 Å². The van der Waals surface area contributed by atoms with Crippen molar-refractivity contribution in [2.24, 2.45) is 5.73 Å². The van der Waals surface area contributed by atoms with Crippen molar-refractivity contribution in [3.63, 3.8) is 0 Å². The van der Waals surface area contributed by atoms with Gasteiger partial charge < -0.3 is 10.5 Å². The summed E-state index contributed by atoms with van der Waals surface area (Å²) in [5, 5.41) is 0. The van der Waals surface area contributed by atoms with Gasteiger partial charge in [-0.3, -0.25) is 0 Å². The molecule has 14 heavy (non-hydrogen) atoms. The smallest absolute Gasteiger partial charge is 0.0613 e. The van der Waals surface area contributed by atoms with Gasteiger partial charge in [-0.2, -0.15) is 0 Å². The second kappa shape index (κ2) is 6.57. The summed E-state index contributed by atoms with van der Waals surface area (Å²) in [6, 6.07) is 10.7. The third-order valence-electron chi connectivity index (χ3n) is 2.26. The van der Waals surface area contributed by atoms with Crippen LogP contribution in [0.1, 0.15) is 18.4 Å². The van der Waals surface area contributed by atoms with Crippen LogP contribution in [0.15, 0.2) is 30.3 Å². The molecule has 2 nitrogen and oxygen atoms in total. The zero-order chi connectivity index (χ0) is 10.2. The van der Waals surface area contributed by atoms with E-state index in [1.165, 1.54) is 5.56 Å². The molecule has 1 atom stereocenters. The molecule has 0 aliphatic heterocycles. The van der Waals surface area contributed by atoms with E-state index in [9.17, 15) is 0 Å². The first kappa shape index (κ1) is 11.2. The minimum atomic E-state index is 0.184. The number of rotatable bonds is 6. The fraction of sp³-hybridized carbons (Fsp3) is 0.500. The van der Waals surface area contributed by atoms with E-state index >= 15 is 0 Å². The normalized spacial score (nSPS) is 12.7. The summed E-state index contributed by atoms with van der Waals surface area (Å²) in [5.74, 6) is 0. The SMILES string of the molecule is COCC(N)CCCc1ccccc1. The lowest BCUT2D eigenvalue weighted by molar-refractivity contribution is 0.176. The van der Waals surface area contributed by atoms with Gasteiger partial charge in [-0.1, -0.05) is 30.3 Å². The van der Waals surface area contributed by atoms with Crippen LogP contribution in [-0.4, -0.2) is 19.8 Å². The molecule has 0 amide bonds. The van der Waals surface area contributed by atoms with Crippen LogP contribution in [0.5, 0.6) is 0 Å². The highest BCUT2D eigenvalue weighted by Gasteiger charge is 2.01. The second-order valence-corrected chi connectivity index (χ2v) is 3.59. The number of benzene rings is 1. The summed E-state index contributed by atoms with van der Waals surface area (Å²) in [4.78, 5) is 0. The molecule has 1 unspecified atom stereocenters. The van der Waals surface area contributed by atoms with Crippen LogP contribution in [-0.2, 0) is 11.2 Å². The van der Waals surface area contributed by atoms with Crippen molar-refractivity contribution in [2.45, 2.75) is 25.3 Å². The van der Waals surface area contributed by atoms with Gasteiger partial charge in [0.15, 0.2) is 0 Å². The molecule has 0 saturated carbocycles. The molecule has 0 aromatic heterocycles. The molecule has 0 aliphatic carbocycles. The molecule has 1 aromatic carbocycles. The highest BCUT2D eigenvalue weighted by molar-refractivity contribution is 5.14. The van der Waals surface area contributed by atoms with Gasteiger partial charge >= 0.3 is 0 Å². The highest BCUT2D eigenvalue weighted by atomic mass is 16.5. The number of methoxy groups -OCH3 is 1. The Kier molecular flexibility index (Phi) is 5.27. The molecular weight excluding hydrogens is 174 g/mol. The molecule has 1 aromatic rings. The highest BCUT2D eigenvalue weighted by Crippen LogP contribution is 2.05. The quantitative estimate of drug-likeness (QED) is 0.749. The molecule has 1 rings (SSSR count). The van der Waals surface area contributed by atoms with E-state index in [4.69, 9.17) is 10.5 Å². The van der Waals surface area contributed by atoms with Crippen LogP contribution in [0.2, 0.25) is 0 Å². The van der Waals surface area contributed by atoms with Crippen LogP contribution >= 0.6 is 0 Å². The maximum absolute atomic E-state index is 5.82. The van der Waals surface area contributed by atoms with Gasteiger partial charge in [-0.25, -0.2) is 0 Å². The summed E-state index contributed by atoms with van der Waals surface area (Å²) < 4.78 is 4.98.